The van der Waals surface area contributed by atoms with Crippen LogP contribution in [0.2, 0.25) is 0 Å². The van der Waals surface area contributed by atoms with Crippen molar-refractivity contribution in [3.63, 3.8) is 0 Å². The summed E-state index contributed by atoms with van der Waals surface area (Å²) in [5.74, 6) is -0.102. The van der Waals surface area contributed by atoms with Crippen molar-refractivity contribution in [2.45, 2.75) is 26.4 Å². The van der Waals surface area contributed by atoms with Gasteiger partial charge in [-0.3, -0.25) is 14.3 Å². The zero-order valence-electron chi connectivity index (χ0n) is 17.8. The molecule has 5 rings (SSSR count). The normalized spacial score (nSPS) is 12.4. The van der Waals surface area contributed by atoms with Crippen molar-refractivity contribution in [3.8, 4) is 34.3 Å². The second kappa shape index (κ2) is 8.34. The number of halogens is 1. The summed E-state index contributed by atoms with van der Waals surface area (Å²) in [7, 11) is 0. The Balaban J connectivity index is 1.56. The lowest BCUT2D eigenvalue weighted by Gasteiger charge is -2.10. The van der Waals surface area contributed by atoms with Crippen LogP contribution in [0.4, 0.5) is 10.1 Å². The Hall–Kier alpha value is -4.27. The largest absolute Gasteiger partial charge is 0.424 e. The van der Waals surface area contributed by atoms with Crippen molar-refractivity contribution >= 4 is 11.6 Å². The van der Waals surface area contributed by atoms with E-state index in [4.69, 9.17) is 4.74 Å². The lowest BCUT2D eigenvalue weighted by Crippen LogP contribution is -2.17. The summed E-state index contributed by atoms with van der Waals surface area (Å²) >= 11 is 0. The van der Waals surface area contributed by atoms with Gasteiger partial charge >= 0.3 is 6.01 Å². The molecule has 33 heavy (non-hydrogen) atoms. The molecule has 1 N–H and O–H groups in total. The van der Waals surface area contributed by atoms with Gasteiger partial charge in [-0.1, -0.05) is 18.2 Å². The Kier molecular flexibility index (Phi) is 5.21. The van der Waals surface area contributed by atoms with Crippen LogP contribution in [0.15, 0.2) is 65.6 Å². The Morgan fingerprint density at radius 3 is 2.67 bits per heavy atom. The van der Waals surface area contributed by atoms with E-state index in [-0.39, 0.29) is 23.3 Å². The van der Waals surface area contributed by atoms with Gasteiger partial charge in [-0.15, -0.1) is 0 Å². The molecule has 2 aromatic carbocycles. The molecule has 0 saturated carbocycles. The van der Waals surface area contributed by atoms with Crippen LogP contribution in [0, 0.1) is 5.82 Å². The van der Waals surface area contributed by atoms with Crippen LogP contribution in [0.25, 0.3) is 22.5 Å². The first-order valence-corrected chi connectivity index (χ1v) is 10.5. The summed E-state index contributed by atoms with van der Waals surface area (Å²) in [4.78, 5) is 33.3. The summed E-state index contributed by atoms with van der Waals surface area (Å²) in [6, 6.07) is 14.6. The molecule has 0 bridgehead atoms. The number of carbonyl (C=O) groups is 1. The number of ether oxygens (including phenoxy) is 1. The topological polar surface area (TPSA) is 91.0 Å². The highest BCUT2D eigenvalue weighted by Crippen LogP contribution is 2.32. The van der Waals surface area contributed by atoms with Crippen molar-refractivity contribution in [2.75, 3.05) is 5.32 Å². The monoisotopic (exact) mass is 445 g/mol. The quantitative estimate of drug-likeness (QED) is 0.500. The molecular weight excluding hydrogens is 425 g/mol. The van der Waals surface area contributed by atoms with Gasteiger partial charge < -0.3 is 10.1 Å². The maximum atomic E-state index is 13.5. The molecule has 4 aromatic rings. The zero-order chi connectivity index (χ0) is 22.9. The lowest BCUT2D eigenvalue weighted by atomic mass is 10.0. The number of aromatic nitrogens is 4. The number of fused-ring (bicyclic) bond motifs is 1. The van der Waals surface area contributed by atoms with Crippen molar-refractivity contribution in [1.29, 1.82) is 0 Å². The molecule has 0 atom stereocenters. The fourth-order valence-electron chi connectivity index (χ4n) is 4.02. The Morgan fingerprint density at radius 2 is 1.88 bits per heavy atom. The number of nitrogens with one attached hydrogen (secondary N) is 1. The number of hydrogen-bond donors (Lipinski definition) is 1. The molecule has 0 aliphatic carbocycles. The minimum Gasteiger partial charge on any atom is -0.424 e. The van der Waals surface area contributed by atoms with Gasteiger partial charge in [0.2, 0.25) is 5.91 Å². The summed E-state index contributed by atoms with van der Waals surface area (Å²) in [5.41, 5.74) is 2.70. The molecule has 0 saturated heterocycles. The minimum absolute atomic E-state index is 0.100. The van der Waals surface area contributed by atoms with Crippen LogP contribution in [0.1, 0.15) is 13.3 Å². The van der Waals surface area contributed by atoms with Gasteiger partial charge in [0.1, 0.15) is 11.6 Å². The van der Waals surface area contributed by atoms with Crippen molar-refractivity contribution < 1.29 is 13.9 Å². The SMILES string of the molecule is CC(=O)Nc1cccc(Oc2nccc(-c3c(-c4ccc(F)cc4)c(=O)n4n3CCC4)n2)c1. The fraction of sp³-hybridized carbons (Fsp3) is 0.167. The molecule has 166 valence electrons. The van der Waals surface area contributed by atoms with Crippen LogP contribution >= 0.6 is 0 Å². The van der Waals surface area contributed by atoms with Gasteiger partial charge in [-0.25, -0.2) is 14.1 Å². The van der Waals surface area contributed by atoms with E-state index in [0.717, 1.165) is 6.42 Å². The third kappa shape index (κ3) is 4.00. The van der Waals surface area contributed by atoms with Gasteiger partial charge in [-0.2, -0.15) is 4.98 Å². The summed E-state index contributed by atoms with van der Waals surface area (Å²) < 4.78 is 22.9. The molecular formula is C24H20FN5O3. The van der Waals surface area contributed by atoms with Crippen LogP contribution in [0.5, 0.6) is 11.8 Å². The third-order valence-electron chi connectivity index (χ3n) is 5.35. The van der Waals surface area contributed by atoms with Gasteiger partial charge in [-0.05, 0) is 42.3 Å². The van der Waals surface area contributed by atoms with Crippen LogP contribution in [0.3, 0.4) is 0 Å². The Morgan fingerprint density at radius 1 is 1.09 bits per heavy atom. The minimum atomic E-state index is -0.369. The average Bonchev–Trinajstić information content (AvgIpc) is 3.36. The summed E-state index contributed by atoms with van der Waals surface area (Å²) in [5, 5.41) is 2.70. The Bertz CT molecular complexity index is 1410. The fourth-order valence-corrected chi connectivity index (χ4v) is 4.02. The van der Waals surface area contributed by atoms with E-state index in [1.807, 2.05) is 4.68 Å². The first-order valence-electron chi connectivity index (χ1n) is 10.5. The number of rotatable bonds is 5. The van der Waals surface area contributed by atoms with Crippen LogP contribution in [-0.2, 0) is 17.9 Å². The molecule has 0 fully saturated rings. The molecule has 2 aromatic heterocycles. The Labute approximate surface area is 188 Å². The predicted octanol–water partition coefficient (Wildman–Crippen LogP) is 4.07. The van der Waals surface area contributed by atoms with Crippen molar-refractivity contribution in [1.82, 2.24) is 19.3 Å². The van der Waals surface area contributed by atoms with Gasteiger partial charge in [0, 0.05) is 38.0 Å². The van der Waals surface area contributed by atoms with Crippen LogP contribution in [-0.4, -0.2) is 25.2 Å². The van der Waals surface area contributed by atoms with E-state index >= 15 is 0 Å². The maximum Gasteiger partial charge on any atom is 0.322 e. The molecule has 9 heteroatoms. The predicted molar refractivity (Wildman–Crippen MR) is 121 cm³/mol. The van der Waals surface area contributed by atoms with Crippen molar-refractivity contribution in [2.24, 2.45) is 0 Å². The molecule has 1 aliphatic heterocycles. The molecule has 1 aliphatic rings. The van der Waals surface area contributed by atoms with Crippen molar-refractivity contribution in [3.05, 3.63) is 77.0 Å². The van der Waals surface area contributed by atoms with E-state index < -0.39 is 0 Å². The van der Waals surface area contributed by atoms with Gasteiger partial charge in [0.15, 0.2) is 0 Å². The second-order valence-corrected chi connectivity index (χ2v) is 7.67. The first-order chi connectivity index (χ1) is 16.0. The average molecular weight is 445 g/mol. The van der Waals surface area contributed by atoms with E-state index in [2.05, 4.69) is 15.3 Å². The first kappa shape index (κ1) is 20.6. The summed E-state index contributed by atoms with van der Waals surface area (Å²) in [6.45, 7) is 2.71. The number of amides is 1. The molecule has 1 amide bonds. The molecule has 0 spiro atoms. The highest BCUT2D eigenvalue weighted by molar-refractivity contribution is 5.88. The highest BCUT2D eigenvalue weighted by atomic mass is 19.1. The maximum absolute atomic E-state index is 13.5. The summed E-state index contributed by atoms with van der Waals surface area (Å²) in [6.07, 6.45) is 2.41. The van der Waals surface area contributed by atoms with E-state index in [1.165, 1.54) is 19.1 Å². The second-order valence-electron chi connectivity index (χ2n) is 7.67. The number of carbonyl (C=O) groups excluding carboxylic acids is 1. The standard InChI is InChI=1S/C24H20FN5O3/c1-15(31)27-18-4-2-5-19(14-18)33-24-26-11-10-20(28-24)22-21(16-6-8-17(25)9-7-16)23(32)30-13-3-12-29(22)30/h2,4-11,14H,3,12-13H2,1H3,(H,27,31). The number of anilines is 1. The number of nitrogens with zero attached hydrogens (tertiary/aromatic N) is 4. The molecule has 0 unspecified atom stereocenters. The van der Waals surface area contributed by atoms with Gasteiger partial charge in [0.25, 0.3) is 5.56 Å². The smallest absolute Gasteiger partial charge is 0.322 e. The highest BCUT2D eigenvalue weighted by Gasteiger charge is 2.26. The van der Waals surface area contributed by atoms with E-state index in [9.17, 15) is 14.0 Å². The van der Waals surface area contributed by atoms with E-state index in [0.29, 0.717) is 47.0 Å². The zero-order valence-corrected chi connectivity index (χ0v) is 17.8. The molecule has 3 heterocycles. The van der Waals surface area contributed by atoms with E-state index in [1.54, 1.807) is 53.3 Å². The van der Waals surface area contributed by atoms with Crippen LogP contribution < -0.4 is 15.6 Å². The lowest BCUT2D eigenvalue weighted by molar-refractivity contribution is -0.114. The number of benzene rings is 2. The molecule has 8 nitrogen and oxygen atoms in total. The third-order valence-corrected chi connectivity index (χ3v) is 5.35. The number of hydrogen-bond acceptors (Lipinski definition) is 5. The molecule has 0 radical (unpaired) electrons. The van der Waals surface area contributed by atoms with Gasteiger partial charge in [0.05, 0.1) is 17.0 Å².